The third kappa shape index (κ3) is 13.0. The topological polar surface area (TPSA) is 202 Å². The van der Waals surface area contributed by atoms with Gasteiger partial charge in [-0.3, -0.25) is 38.4 Å². The molecular formula is C55H68N10O8. The van der Waals surface area contributed by atoms with Crippen molar-refractivity contribution in [3.63, 3.8) is 0 Å². The number of nitrogens with one attached hydrogen (secondary N) is 2. The number of anilines is 1. The molecule has 2 aliphatic heterocycles. The van der Waals surface area contributed by atoms with Crippen LogP contribution in [0.4, 0.5) is 5.82 Å². The lowest BCUT2D eigenvalue weighted by Crippen LogP contribution is -2.44. The number of benzene rings is 3. The van der Waals surface area contributed by atoms with Gasteiger partial charge in [-0.25, -0.2) is 9.78 Å². The number of pyridine rings is 1. The fraction of sp³-hybridized carbons (Fsp3) is 0.455. The Morgan fingerprint density at radius 1 is 0.795 bits per heavy atom. The predicted molar refractivity (Wildman–Crippen MR) is 278 cm³/mol. The highest BCUT2D eigenvalue weighted by atomic mass is 16.5. The maximum absolute atomic E-state index is 13.6. The quantitative estimate of drug-likeness (QED) is 0.0565. The normalized spacial score (nSPS) is 18.7. The predicted octanol–water partition coefficient (Wildman–Crippen LogP) is 5.12. The average Bonchev–Trinajstić information content (AvgIpc) is 4.13. The number of para-hydroxylation sites is 1. The second-order valence-electron chi connectivity index (χ2n) is 19.4. The minimum atomic E-state index is -0.715. The SMILES string of the molecule is CN1CCN(Cc2ccc(-c3ccc(CO[C@H]4CCC[C@@H]4NC(=O)c4cc(-c5cnn(CCOCCOCCOCCCc6cccc7c6n(C)c(=O)n7C6CCC(=O)NC6=O)c5)cnc4N)cc3)cc2)CC1. The molecule has 18 heteroatoms. The molecule has 3 amide bonds. The molecule has 3 fully saturated rings. The van der Waals surface area contributed by atoms with Gasteiger partial charge in [-0.2, -0.15) is 5.10 Å². The van der Waals surface area contributed by atoms with Crippen molar-refractivity contribution >= 4 is 34.6 Å². The molecular weight excluding hydrogens is 929 g/mol. The number of hydrogen-bond donors (Lipinski definition) is 3. The van der Waals surface area contributed by atoms with Gasteiger partial charge in [0, 0.05) is 76.3 Å². The number of nitrogens with zero attached hydrogens (tertiary/aromatic N) is 7. The molecule has 1 saturated carbocycles. The second-order valence-corrected chi connectivity index (χ2v) is 19.4. The molecule has 18 nitrogen and oxygen atoms in total. The zero-order chi connectivity index (χ0) is 50.7. The number of hydrogen-bond acceptors (Lipinski definition) is 13. The van der Waals surface area contributed by atoms with E-state index in [9.17, 15) is 19.2 Å². The molecule has 3 aromatic carbocycles. The van der Waals surface area contributed by atoms with Crippen LogP contribution in [0.5, 0.6) is 0 Å². The maximum atomic E-state index is 13.6. The first-order valence-corrected chi connectivity index (χ1v) is 25.6. The summed E-state index contributed by atoms with van der Waals surface area (Å²) in [4.78, 5) is 60.4. The van der Waals surface area contributed by atoms with Crippen molar-refractivity contribution in [2.24, 2.45) is 7.05 Å². The highest BCUT2D eigenvalue weighted by Crippen LogP contribution is 2.29. The summed E-state index contributed by atoms with van der Waals surface area (Å²) in [7, 11) is 3.89. The number of imide groups is 1. The van der Waals surface area contributed by atoms with Crippen LogP contribution in [0.2, 0.25) is 0 Å². The molecule has 2 saturated heterocycles. The van der Waals surface area contributed by atoms with Crippen LogP contribution in [0, 0.1) is 0 Å². The van der Waals surface area contributed by atoms with E-state index in [0.717, 1.165) is 86.2 Å². The molecule has 1 aliphatic carbocycles. The summed E-state index contributed by atoms with van der Waals surface area (Å²) in [5.74, 6) is -0.874. The summed E-state index contributed by atoms with van der Waals surface area (Å²) >= 11 is 0. The van der Waals surface area contributed by atoms with E-state index < -0.39 is 11.9 Å². The van der Waals surface area contributed by atoms with Gasteiger partial charge in [-0.1, -0.05) is 60.7 Å². The van der Waals surface area contributed by atoms with Crippen LogP contribution in [0.1, 0.15) is 71.6 Å². The molecule has 4 N–H and O–H groups in total. The Bertz CT molecular complexity index is 2890. The Labute approximate surface area is 425 Å². The number of ether oxygens (including phenoxy) is 4. The number of carbonyl (C=O) groups is 3. The van der Waals surface area contributed by atoms with Crippen LogP contribution in [0.15, 0.2) is 96.2 Å². The van der Waals surface area contributed by atoms with Gasteiger partial charge in [0.1, 0.15) is 11.9 Å². The van der Waals surface area contributed by atoms with Crippen molar-refractivity contribution in [2.45, 2.75) is 82.8 Å². The van der Waals surface area contributed by atoms with Crippen LogP contribution >= 0.6 is 0 Å². The van der Waals surface area contributed by atoms with Crippen molar-refractivity contribution in [3.8, 4) is 22.3 Å². The van der Waals surface area contributed by atoms with Gasteiger partial charge in [-0.05, 0) is 85.5 Å². The van der Waals surface area contributed by atoms with Crippen molar-refractivity contribution in [3.05, 3.63) is 124 Å². The smallest absolute Gasteiger partial charge is 0.329 e. The van der Waals surface area contributed by atoms with E-state index in [-0.39, 0.29) is 41.9 Å². The summed E-state index contributed by atoms with van der Waals surface area (Å²) in [5.41, 5.74) is 15.1. The minimum Gasteiger partial charge on any atom is -0.383 e. The number of piperidine rings is 1. The number of likely N-dealkylation sites (N-methyl/N-ethyl adjacent to an activating group) is 1. The fourth-order valence-electron chi connectivity index (χ4n) is 10.1. The lowest BCUT2D eigenvalue weighted by molar-refractivity contribution is -0.135. The van der Waals surface area contributed by atoms with E-state index in [4.69, 9.17) is 24.7 Å². The lowest BCUT2D eigenvalue weighted by Gasteiger charge is -2.32. The number of aryl methyl sites for hydroxylation is 2. The van der Waals surface area contributed by atoms with Crippen molar-refractivity contribution < 1.29 is 33.3 Å². The molecule has 73 heavy (non-hydrogen) atoms. The van der Waals surface area contributed by atoms with E-state index >= 15 is 0 Å². The van der Waals surface area contributed by atoms with E-state index in [0.29, 0.717) is 76.7 Å². The standard InChI is InChI=1S/C55H68N10O8/c1-61-21-23-63(24-22-61)35-38-11-15-40(16-12-38)41-17-13-39(14-18-41)37-73-49-10-4-8-46(49)59-53(67)45-32-43(33-57-52(45)56)44-34-58-64(36-44)25-27-71-29-31-72-30-28-70-26-5-7-42-6-3-9-47-51(42)62(2)55(69)65(47)48-19-20-50(66)60-54(48)68/h3,6,9,11-18,32-34,36,46,48-49H,4-5,7-8,10,19-31,35,37H2,1-2H3,(H2,56,57)(H,59,67)(H,60,66,68)/t46-,48?,49-/m0/s1. The van der Waals surface area contributed by atoms with Crippen molar-refractivity contribution in [1.29, 1.82) is 0 Å². The number of piperazine rings is 1. The summed E-state index contributed by atoms with van der Waals surface area (Å²) in [5, 5.41) is 10.0. The van der Waals surface area contributed by atoms with E-state index in [2.05, 4.69) is 86.1 Å². The van der Waals surface area contributed by atoms with Crippen LogP contribution in [0.3, 0.4) is 0 Å². The highest BCUT2D eigenvalue weighted by molar-refractivity contribution is 6.00. The van der Waals surface area contributed by atoms with Gasteiger partial charge in [-0.15, -0.1) is 0 Å². The number of nitrogens with two attached hydrogens (primary N) is 1. The largest absolute Gasteiger partial charge is 0.383 e. The Hall–Kier alpha value is -6.54. The van der Waals surface area contributed by atoms with Crippen molar-refractivity contribution in [2.75, 3.05) is 78.6 Å². The minimum absolute atomic E-state index is 0.109. The molecule has 9 rings (SSSR count). The number of imidazole rings is 1. The third-order valence-electron chi connectivity index (χ3n) is 14.3. The molecule has 3 aromatic heterocycles. The number of rotatable bonds is 23. The summed E-state index contributed by atoms with van der Waals surface area (Å²) in [6.45, 7) is 9.10. The fourth-order valence-corrected chi connectivity index (χ4v) is 10.1. The van der Waals surface area contributed by atoms with Gasteiger partial charge in [0.25, 0.3) is 5.91 Å². The van der Waals surface area contributed by atoms with Gasteiger partial charge < -0.3 is 34.9 Å². The lowest BCUT2D eigenvalue weighted by atomic mass is 10.0. The molecule has 0 spiro atoms. The molecule has 0 radical (unpaired) electrons. The molecule has 1 unspecified atom stereocenters. The van der Waals surface area contributed by atoms with Crippen LogP contribution in [-0.2, 0) is 61.7 Å². The van der Waals surface area contributed by atoms with E-state index in [1.807, 2.05) is 24.4 Å². The van der Waals surface area contributed by atoms with Crippen LogP contribution < -0.4 is 22.1 Å². The Morgan fingerprint density at radius 2 is 1.51 bits per heavy atom. The average molecular weight is 997 g/mol. The molecule has 5 heterocycles. The Balaban J connectivity index is 0.650. The first-order chi connectivity index (χ1) is 35.6. The zero-order valence-corrected chi connectivity index (χ0v) is 42.0. The van der Waals surface area contributed by atoms with Gasteiger partial charge >= 0.3 is 5.69 Å². The Kier molecular flexibility index (Phi) is 17.2. The van der Waals surface area contributed by atoms with Gasteiger partial charge in [0.2, 0.25) is 11.8 Å². The molecule has 0 bridgehead atoms. The number of amides is 3. The van der Waals surface area contributed by atoms with Crippen LogP contribution in [-0.4, -0.2) is 136 Å². The van der Waals surface area contributed by atoms with Crippen LogP contribution in [0.25, 0.3) is 33.3 Å². The summed E-state index contributed by atoms with van der Waals surface area (Å²) < 4.78 is 28.6. The van der Waals surface area contributed by atoms with Gasteiger partial charge in [0.15, 0.2) is 0 Å². The zero-order valence-electron chi connectivity index (χ0n) is 42.0. The number of nitrogen functional groups attached to an aromatic ring is 1. The third-order valence-corrected chi connectivity index (χ3v) is 14.3. The first-order valence-electron chi connectivity index (χ1n) is 25.6. The summed E-state index contributed by atoms with van der Waals surface area (Å²) in [6.07, 6.45) is 9.74. The number of fused-ring (bicyclic) bond motifs is 1. The second kappa shape index (κ2) is 24.5. The number of aromatic nitrogens is 5. The summed E-state index contributed by atoms with van der Waals surface area (Å²) in [6, 6.07) is 24.1. The highest BCUT2D eigenvalue weighted by Gasteiger charge is 2.32. The first kappa shape index (κ1) is 51.4. The molecule has 386 valence electrons. The molecule has 6 aromatic rings. The molecule has 3 atom stereocenters. The Morgan fingerprint density at radius 3 is 2.25 bits per heavy atom. The monoisotopic (exact) mass is 997 g/mol. The van der Waals surface area contributed by atoms with Gasteiger partial charge in [0.05, 0.1) is 81.1 Å². The van der Waals surface area contributed by atoms with E-state index in [1.54, 1.807) is 34.8 Å². The van der Waals surface area contributed by atoms with Crippen molar-refractivity contribution in [1.82, 2.24) is 44.3 Å². The van der Waals surface area contributed by atoms with E-state index in [1.165, 1.54) is 21.3 Å². The molecule has 3 aliphatic rings. The number of carbonyl (C=O) groups excluding carboxylic acids is 3. The maximum Gasteiger partial charge on any atom is 0.329 e.